The van der Waals surface area contributed by atoms with E-state index in [1.165, 1.54) is 10.9 Å². The van der Waals surface area contributed by atoms with Gasteiger partial charge in [-0.25, -0.2) is 0 Å². The van der Waals surface area contributed by atoms with E-state index in [-0.39, 0.29) is 0 Å². The summed E-state index contributed by atoms with van der Waals surface area (Å²) in [6, 6.07) is 24.5. The van der Waals surface area contributed by atoms with E-state index in [1.807, 2.05) is 36.4 Å². The summed E-state index contributed by atoms with van der Waals surface area (Å²) in [6.07, 6.45) is 0. The average molecular weight is 343 g/mol. The minimum absolute atomic E-state index is 0.571. The van der Waals surface area contributed by atoms with Gasteiger partial charge >= 0.3 is 0 Å². The Morgan fingerprint density at radius 2 is 1.58 bits per heavy atom. The van der Waals surface area contributed by atoms with Crippen LogP contribution in [0, 0.1) is 6.92 Å². The van der Waals surface area contributed by atoms with E-state index < -0.39 is 0 Å². The van der Waals surface area contributed by atoms with E-state index >= 15 is 0 Å². The summed E-state index contributed by atoms with van der Waals surface area (Å²) in [6.45, 7) is 2.71. The number of aromatic amines is 1. The highest BCUT2D eigenvalue weighted by atomic mass is 16.5. The zero-order valence-corrected chi connectivity index (χ0v) is 15.0. The van der Waals surface area contributed by atoms with Crippen LogP contribution in [0.2, 0.25) is 0 Å². The molecule has 0 amide bonds. The first-order valence-corrected chi connectivity index (χ1v) is 8.68. The van der Waals surface area contributed by atoms with Gasteiger partial charge in [0.25, 0.3) is 0 Å². The van der Waals surface area contributed by atoms with Crippen LogP contribution in [-0.4, -0.2) is 12.1 Å². The molecule has 0 radical (unpaired) electrons. The lowest BCUT2D eigenvalue weighted by Crippen LogP contribution is -1.94. The standard InChI is InChI=1S/C23H21NO2/c1-16-21-14-20(26-15-17-6-4-3-5-7-17)12-13-22(21)24-23(16)18-8-10-19(25-2)11-9-18/h3-14,24H,15H2,1-2H3. The van der Waals surface area contributed by atoms with Crippen LogP contribution in [-0.2, 0) is 6.61 Å². The monoisotopic (exact) mass is 343 g/mol. The van der Waals surface area contributed by atoms with E-state index in [4.69, 9.17) is 9.47 Å². The second-order valence-electron chi connectivity index (χ2n) is 6.34. The lowest BCUT2D eigenvalue weighted by Gasteiger charge is -2.06. The van der Waals surface area contributed by atoms with E-state index in [2.05, 4.69) is 48.3 Å². The summed E-state index contributed by atoms with van der Waals surface area (Å²) in [5, 5.41) is 1.18. The second kappa shape index (κ2) is 6.96. The number of methoxy groups -OCH3 is 1. The van der Waals surface area contributed by atoms with Crippen molar-refractivity contribution in [1.82, 2.24) is 4.98 Å². The van der Waals surface area contributed by atoms with Crippen molar-refractivity contribution >= 4 is 10.9 Å². The number of ether oxygens (including phenoxy) is 2. The van der Waals surface area contributed by atoms with Crippen LogP contribution in [0.3, 0.4) is 0 Å². The number of benzene rings is 3. The number of H-pyrrole nitrogens is 1. The van der Waals surface area contributed by atoms with Crippen LogP contribution < -0.4 is 9.47 Å². The van der Waals surface area contributed by atoms with Gasteiger partial charge in [0.05, 0.1) is 7.11 Å². The Bertz CT molecular complexity index is 1020. The molecule has 4 aromatic rings. The van der Waals surface area contributed by atoms with Crippen LogP contribution in [0.4, 0.5) is 0 Å². The fraction of sp³-hybridized carbons (Fsp3) is 0.130. The maximum atomic E-state index is 5.97. The van der Waals surface area contributed by atoms with Crippen LogP contribution >= 0.6 is 0 Å². The number of hydrogen-bond donors (Lipinski definition) is 1. The van der Waals surface area contributed by atoms with Crippen LogP contribution in [0.1, 0.15) is 11.1 Å². The molecule has 0 saturated heterocycles. The first-order chi connectivity index (χ1) is 12.7. The molecule has 4 rings (SSSR count). The molecule has 3 heteroatoms. The fourth-order valence-corrected chi connectivity index (χ4v) is 3.18. The molecule has 3 nitrogen and oxygen atoms in total. The van der Waals surface area contributed by atoms with Gasteiger partial charge in [0.2, 0.25) is 0 Å². The summed E-state index contributed by atoms with van der Waals surface area (Å²) >= 11 is 0. The SMILES string of the molecule is COc1ccc(-c2[nH]c3ccc(OCc4ccccc4)cc3c2C)cc1. The number of nitrogens with one attached hydrogen (secondary N) is 1. The predicted octanol–water partition coefficient (Wildman–Crippen LogP) is 5.73. The molecule has 1 aromatic heterocycles. The van der Waals surface area contributed by atoms with Crippen molar-refractivity contribution < 1.29 is 9.47 Å². The molecule has 0 saturated carbocycles. The molecule has 0 atom stereocenters. The lowest BCUT2D eigenvalue weighted by atomic mass is 10.1. The van der Waals surface area contributed by atoms with E-state index in [9.17, 15) is 0 Å². The molecule has 0 unspecified atom stereocenters. The third kappa shape index (κ3) is 3.16. The Kier molecular flexibility index (Phi) is 4.36. The van der Waals surface area contributed by atoms with Crippen LogP contribution in [0.25, 0.3) is 22.2 Å². The lowest BCUT2D eigenvalue weighted by molar-refractivity contribution is 0.306. The summed E-state index contributed by atoms with van der Waals surface area (Å²) in [5.41, 5.74) is 5.77. The molecule has 0 aliphatic carbocycles. The van der Waals surface area contributed by atoms with Gasteiger partial charge in [-0.05, 0) is 66.1 Å². The summed E-state index contributed by atoms with van der Waals surface area (Å²) in [7, 11) is 1.68. The Balaban J connectivity index is 1.62. The van der Waals surface area contributed by atoms with Gasteiger partial charge in [-0.1, -0.05) is 30.3 Å². The average Bonchev–Trinajstić information content (AvgIpc) is 3.03. The Morgan fingerprint density at radius 3 is 2.31 bits per heavy atom. The quantitative estimate of drug-likeness (QED) is 0.502. The van der Waals surface area contributed by atoms with Crippen molar-refractivity contribution in [3.63, 3.8) is 0 Å². The number of aryl methyl sites for hydroxylation is 1. The number of hydrogen-bond acceptors (Lipinski definition) is 2. The fourth-order valence-electron chi connectivity index (χ4n) is 3.18. The van der Waals surface area contributed by atoms with Crippen molar-refractivity contribution in [2.75, 3.05) is 7.11 Å². The third-order valence-electron chi connectivity index (χ3n) is 4.66. The highest BCUT2D eigenvalue weighted by Gasteiger charge is 2.11. The minimum Gasteiger partial charge on any atom is -0.497 e. The summed E-state index contributed by atoms with van der Waals surface area (Å²) in [4.78, 5) is 3.52. The number of fused-ring (bicyclic) bond motifs is 1. The molecule has 0 spiro atoms. The molecule has 1 heterocycles. The Labute approximate surface area is 153 Å². The van der Waals surface area contributed by atoms with E-state index in [0.717, 1.165) is 33.8 Å². The number of aromatic nitrogens is 1. The molecule has 1 N–H and O–H groups in total. The smallest absolute Gasteiger partial charge is 0.120 e. The molecule has 26 heavy (non-hydrogen) atoms. The van der Waals surface area contributed by atoms with E-state index in [1.54, 1.807) is 7.11 Å². The maximum absolute atomic E-state index is 5.97. The van der Waals surface area contributed by atoms with Crippen LogP contribution in [0.5, 0.6) is 11.5 Å². The molecule has 0 aliphatic rings. The van der Waals surface area contributed by atoms with Crippen LogP contribution in [0.15, 0.2) is 72.8 Å². The maximum Gasteiger partial charge on any atom is 0.120 e. The zero-order chi connectivity index (χ0) is 17.9. The third-order valence-corrected chi connectivity index (χ3v) is 4.66. The molecule has 130 valence electrons. The van der Waals surface area contributed by atoms with E-state index in [0.29, 0.717) is 6.61 Å². The Hall–Kier alpha value is -3.20. The van der Waals surface area contributed by atoms with Gasteiger partial charge in [-0.2, -0.15) is 0 Å². The van der Waals surface area contributed by atoms with Crippen molar-refractivity contribution in [2.24, 2.45) is 0 Å². The van der Waals surface area contributed by atoms with Crippen molar-refractivity contribution in [1.29, 1.82) is 0 Å². The van der Waals surface area contributed by atoms with Gasteiger partial charge in [-0.3, -0.25) is 0 Å². The first kappa shape index (κ1) is 16.3. The molecule has 0 fully saturated rings. The van der Waals surface area contributed by atoms with Gasteiger partial charge in [-0.15, -0.1) is 0 Å². The van der Waals surface area contributed by atoms with Crippen molar-refractivity contribution in [3.05, 3.63) is 83.9 Å². The zero-order valence-electron chi connectivity index (χ0n) is 15.0. The highest BCUT2D eigenvalue weighted by molar-refractivity contribution is 5.91. The van der Waals surface area contributed by atoms with Gasteiger partial charge in [0.1, 0.15) is 18.1 Å². The van der Waals surface area contributed by atoms with Gasteiger partial charge < -0.3 is 14.5 Å². The second-order valence-corrected chi connectivity index (χ2v) is 6.34. The predicted molar refractivity (Wildman–Crippen MR) is 106 cm³/mol. The summed E-state index contributed by atoms with van der Waals surface area (Å²) in [5.74, 6) is 1.74. The number of rotatable bonds is 5. The topological polar surface area (TPSA) is 34.2 Å². The molecule has 0 aliphatic heterocycles. The Morgan fingerprint density at radius 1 is 0.846 bits per heavy atom. The minimum atomic E-state index is 0.571. The van der Waals surface area contributed by atoms with Gasteiger partial charge in [0, 0.05) is 16.6 Å². The molecular formula is C23H21NO2. The summed E-state index contributed by atoms with van der Waals surface area (Å²) < 4.78 is 11.2. The molecule has 0 bridgehead atoms. The largest absolute Gasteiger partial charge is 0.497 e. The highest BCUT2D eigenvalue weighted by Crippen LogP contribution is 2.32. The van der Waals surface area contributed by atoms with Crippen molar-refractivity contribution in [3.8, 4) is 22.8 Å². The molecule has 3 aromatic carbocycles. The normalized spacial score (nSPS) is 10.8. The van der Waals surface area contributed by atoms with Crippen molar-refractivity contribution in [2.45, 2.75) is 13.5 Å². The molecular weight excluding hydrogens is 322 g/mol. The van der Waals surface area contributed by atoms with Gasteiger partial charge in [0.15, 0.2) is 0 Å². The first-order valence-electron chi connectivity index (χ1n) is 8.68.